The smallest absolute Gasteiger partial charge is 0.181 e. The lowest BCUT2D eigenvalue weighted by Gasteiger charge is -2.18. The quantitative estimate of drug-likeness (QED) is 0.646. The zero-order chi connectivity index (χ0) is 16.9. The first kappa shape index (κ1) is 16.0. The van der Waals surface area contributed by atoms with Gasteiger partial charge >= 0.3 is 0 Å². The van der Waals surface area contributed by atoms with E-state index in [9.17, 15) is 5.11 Å². The molecule has 0 aliphatic rings. The number of hydrogen-bond acceptors (Lipinski definition) is 6. The number of aromatic nitrogens is 3. The zero-order valence-electron chi connectivity index (χ0n) is 12.9. The largest absolute Gasteiger partial charge is 0.508 e. The van der Waals surface area contributed by atoms with E-state index in [2.05, 4.69) is 26.0 Å². The lowest BCUT2D eigenvalue weighted by Crippen LogP contribution is -2.11. The number of halogens is 1. The van der Waals surface area contributed by atoms with Crippen LogP contribution in [0.5, 0.6) is 5.75 Å². The summed E-state index contributed by atoms with van der Waals surface area (Å²) in [6, 6.07) is 16.5. The molecule has 0 radical (unpaired) electrons. The molecule has 0 fully saturated rings. The Bertz CT molecular complexity index is 811. The van der Waals surface area contributed by atoms with Gasteiger partial charge < -0.3 is 15.7 Å². The second kappa shape index (κ2) is 7.14. The molecule has 1 unspecified atom stereocenters. The molecule has 3 rings (SSSR count). The first-order chi connectivity index (χ1) is 11.6. The standard InChI is InChI=1S/C17H16ClN5O/c1-11(12-7-9-14(24)10-8-12)19-15-16(18)21-23-22-17(15)20-13-5-3-2-4-6-13/h2-11,24H,1H3,(H,19,23)(H,20,21,22). The summed E-state index contributed by atoms with van der Waals surface area (Å²) in [5, 5.41) is 27.6. The van der Waals surface area contributed by atoms with Crippen LogP contribution in [0.2, 0.25) is 5.15 Å². The average Bonchev–Trinajstić information content (AvgIpc) is 2.59. The summed E-state index contributed by atoms with van der Waals surface area (Å²) >= 11 is 6.20. The van der Waals surface area contributed by atoms with Crippen LogP contribution in [0.3, 0.4) is 0 Å². The molecule has 0 aliphatic heterocycles. The van der Waals surface area contributed by atoms with Crippen molar-refractivity contribution >= 4 is 28.8 Å². The van der Waals surface area contributed by atoms with Gasteiger partial charge in [0, 0.05) is 11.7 Å². The fourth-order valence-electron chi connectivity index (χ4n) is 2.24. The van der Waals surface area contributed by atoms with Crippen LogP contribution in [-0.4, -0.2) is 20.5 Å². The molecular formula is C17H16ClN5O. The van der Waals surface area contributed by atoms with Gasteiger partial charge in [-0.15, -0.1) is 10.2 Å². The van der Waals surface area contributed by atoms with Crippen LogP contribution < -0.4 is 10.6 Å². The molecule has 1 heterocycles. The first-order valence-electron chi connectivity index (χ1n) is 7.40. The molecule has 2 aromatic carbocycles. The van der Waals surface area contributed by atoms with E-state index in [4.69, 9.17) is 11.6 Å². The normalized spacial score (nSPS) is 11.8. The van der Waals surface area contributed by atoms with E-state index in [1.807, 2.05) is 49.4 Å². The number of anilines is 3. The lowest BCUT2D eigenvalue weighted by molar-refractivity contribution is 0.475. The Balaban J connectivity index is 1.85. The third-order valence-corrected chi connectivity index (χ3v) is 3.78. The third kappa shape index (κ3) is 3.72. The van der Waals surface area contributed by atoms with Crippen LogP contribution >= 0.6 is 11.6 Å². The predicted octanol–water partition coefficient (Wildman–Crippen LogP) is 4.15. The minimum atomic E-state index is -0.0644. The van der Waals surface area contributed by atoms with Crippen molar-refractivity contribution in [2.45, 2.75) is 13.0 Å². The molecule has 0 saturated carbocycles. The molecule has 6 nitrogen and oxygen atoms in total. The van der Waals surface area contributed by atoms with Crippen LogP contribution in [0, 0.1) is 0 Å². The van der Waals surface area contributed by atoms with Gasteiger partial charge in [0.1, 0.15) is 11.4 Å². The molecule has 0 bridgehead atoms. The number of nitrogens with one attached hydrogen (secondary N) is 2. The fraction of sp³-hybridized carbons (Fsp3) is 0.118. The van der Waals surface area contributed by atoms with E-state index in [-0.39, 0.29) is 16.9 Å². The Morgan fingerprint density at radius 1 is 1.00 bits per heavy atom. The molecule has 1 aromatic heterocycles. The van der Waals surface area contributed by atoms with Crippen molar-refractivity contribution in [2.75, 3.05) is 10.6 Å². The maximum absolute atomic E-state index is 9.40. The maximum atomic E-state index is 9.40. The van der Waals surface area contributed by atoms with Gasteiger partial charge in [-0.2, -0.15) is 0 Å². The zero-order valence-corrected chi connectivity index (χ0v) is 13.7. The second-order valence-corrected chi connectivity index (χ2v) is 5.61. The third-order valence-electron chi connectivity index (χ3n) is 3.51. The number of hydrogen-bond donors (Lipinski definition) is 3. The van der Waals surface area contributed by atoms with Crippen LogP contribution in [0.25, 0.3) is 0 Å². The number of phenols is 1. The fourth-order valence-corrected chi connectivity index (χ4v) is 2.42. The molecule has 3 aromatic rings. The highest BCUT2D eigenvalue weighted by atomic mass is 35.5. The molecule has 0 saturated heterocycles. The number of nitrogens with zero attached hydrogens (tertiary/aromatic N) is 3. The van der Waals surface area contributed by atoms with Crippen LogP contribution in [0.1, 0.15) is 18.5 Å². The molecule has 122 valence electrons. The summed E-state index contributed by atoms with van der Waals surface area (Å²) in [6.45, 7) is 1.98. The van der Waals surface area contributed by atoms with Crippen molar-refractivity contribution in [3.05, 3.63) is 65.3 Å². The van der Waals surface area contributed by atoms with E-state index < -0.39 is 0 Å². The van der Waals surface area contributed by atoms with Gasteiger partial charge in [0.15, 0.2) is 11.0 Å². The van der Waals surface area contributed by atoms with Crippen LogP contribution in [0.4, 0.5) is 17.2 Å². The van der Waals surface area contributed by atoms with E-state index >= 15 is 0 Å². The number of phenolic OH excluding ortho intramolecular Hbond substituents is 1. The van der Waals surface area contributed by atoms with Gasteiger partial charge in [-0.1, -0.05) is 41.9 Å². The molecular weight excluding hydrogens is 326 g/mol. The van der Waals surface area contributed by atoms with E-state index in [1.54, 1.807) is 12.1 Å². The minimum Gasteiger partial charge on any atom is -0.508 e. The summed E-state index contributed by atoms with van der Waals surface area (Å²) in [7, 11) is 0. The monoisotopic (exact) mass is 341 g/mol. The molecule has 1 atom stereocenters. The lowest BCUT2D eigenvalue weighted by atomic mass is 10.1. The molecule has 24 heavy (non-hydrogen) atoms. The Morgan fingerprint density at radius 2 is 1.71 bits per heavy atom. The number of aromatic hydroxyl groups is 1. The molecule has 7 heteroatoms. The highest BCUT2D eigenvalue weighted by Gasteiger charge is 2.15. The first-order valence-corrected chi connectivity index (χ1v) is 7.77. The Hall–Kier alpha value is -2.86. The Labute approximate surface area is 144 Å². The van der Waals surface area contributed by atoms with Crippen LogP contribution in [-0.2, 0) is 0 Å². The predicted molar refractivity (Wildman–Crippen MR) is 94.7 cm³/mol. The summed E-state index contributed by atoms with van der Waals surface area (Å²) < 4.78 is 0. The average molecular weight is 342 g/mol. The topological polar surface area (TPSA) is 83.0 Å². The molecule has 0 amide bonds. The van der Waals surface area contributed by atoms with Crippen LogP contribution in [0.15, 0.2) is 54.6 Å². The van der Waals surface area contributed by atoms with Crippen molar-refractivity contribution in [1.29, 1.82) is 0 Å². The number of para-hydroxylation sites is 1. The van der Waals surface area contributed by atoms with E-state index in [0.717, 1.165) is 11.3 Å². The number of benzene rings is 2. The summed E-state index contributed by atoms with van der Waals surface area (Å²) in [5.41, 5.74) is 2.43. The highest BCUT2D eigenvalue weighted by molar-refractivity contribution is 6.32. The summed E-state index contributed by atoms with van der Waals surface area (Å²) in [4.78, 5) is 0. The van der Waals surface area contributed by atoms with Gasteiger partial charge in [0.05, 0.1) is 0 Å². The van der Waals surface area contributed by atoms with Gasteiger partial charge in [-0.25, -0.2) is 0 Å². The summed E-state index contributed by atoms with van der Waals surface area (Å²) in [6.07, 6.45) is 0. The minimum absolute atomic E-state index is 0.0644. The Morgan fingerprint density at radius 3 is 2.42 bits per heavy atom. The Kier molecular flexibility index (Phi) is 4.77. The van der Waals surface area contributed by atoms with Crippen molar-refractivity contribution in [2.24, 2.45) is 0 Å². The van der Waals surface area contributed by atoms with Gasteiger partial charge in [-0.3, -0.25) is 0 Å². The van der Waals surface area contributed by atoms with Crippen molar-refractivity contribution in [3.8, 4) is 5.75 Å². The molecule has 3 N–H and O–H groups in total. The molecule has 0 aliphatic carbocycles. The highest BCUT2D eigenvalue weighted by Crippen LogP contribution is 2.31. The van der Waals surface area contributed by atoms with Gasteiger partial charge in [-0.05, 0) is 42.0 Å². The second-order valence-electron chi connectivity index (χ2n) is 5.25. The van der Waals surface area contributed by atoms with Gasteiger partial charge in [0.25, 0.3) is 0 Å². The SMILES string of the molecule is CC(Nc1c(Cl)nnnc1Nc1ccccc1)c1ccc(O)cc1. The molecule has 0 spiro atoms. The van der Waals surface area contributed by atoms with E-state index in [0.29, 0.717) is 11.5 Å². The van der Waals surface area contributed by atoms with Gasteiger partial charge in [0.2, 0.25) is 0 Å². The van der Waals surface area contributed by atoms with Crippen molar-refractivity contribution < 1.29 is 5.11 Å². The van der Waals surface area contributed by atoms with Crippen molar-refractivity contribution in [1.82, 2.24) is 15.4 Å². The van der Waals surface area contributed by atoms with Crippen molar-refractivity contribution in [3.63, 3.8) is 0 Å². The summed E-state index contributed by atoms with van der Waals surface area (Å²) in [5.74, 6) is 0.717. The maximum Gasteiger partial charge on any atom is 0.181 e. The van der Waals surface area contributed by atoms with E-state index in [1.165, 1.54) is 0 Å². The number of rotatable bonds is 5.